The first-order valence-electron chi connectivity index (χ1n) is 8.61. The Bertz CT molecular complexity index is 342. The van der Waals surface area contributed by atoms with Gasteiger partial charge >= 0.3 is 11.9 Å². The van der Waals surface area contributed by atoms with Crippen LogP contribution in [0.4, 0.5) is 0 Å². The van der Waals surface area contributed by atoms with Gasteiger partial charge in [-0.3, -0.25) is 4.79 Å². The van der Waals surface area contributed by atoms with E-state index in [-0.39, 0.29) is 19.6 Å². The molecule has 0 spiro atoms. The largest absolute Gasteiger partial charge is 0.464 e. The predicted molar refractivity (Wildman–Crippen MR) is 83.5 cm³/mol. The fourth-order valence-corrected chi connectivity index (χ4v) is 2.58. The lowest BCUT2D eigenvalue weighted by atomic mass is 10.0. The molecule has 0 aromatic carbocycles. The Kier molecular flexibility index (Phi) is 9.13. The van der Waals surface area contributed by atoms with Crippen molar-refractivity contribution in [3.63, 3.8) is 0 Å². The average Bonchev–Trinajstić information content (AvgIpc) is 2.88. The molecule has 5 heteroatoms. The molecule has 0 bridgehead atoms. The maximum absolute atomic E-state index is 12.0. The molecule has 1 aliphatic heterocycles. The van der Waals surface area contributed by atoms with Crippen molar-refractivity contribution in [3.05, 3.63) is 0 Å². The van der Waals surface area contributed by atoms with Gasteiger partial charge < -0.3 is 14.2 Å². The fourth-order valence-electron chi connectivity index (χ4n) is 2.58. The number of ether oxygens (including phenoxy) is 3. The molecule has 1 fully saturated rings. The van der Waals surface area contributed by atoms with Crippen LogP contribution in [0.1, 0.15) is 71.6 Å². The van der Waals surface area contributed by atoms with Crippen LogP contribution in [0.25, 0.3) is 0 Å². The van der Waals surface area contributed by atoms with Gasteiger partial charge in [-0.2, -0.15) is 0 Å². The van der Waals surface area contributed by atoms with E-state index in [9.17, 15) is 9.59 Å². The highest BCUT2D eigenvalue weighted by molar-refractivity contribution is 5.88. The molecule has 5 nitrogen and oxygen atoms in total. The van der Waals surface area contributed by atoms with E-state index < -0.39 is 17.5 Å². The van der Waals surface area contributed by atoms with Gasteiger partial charge in [0.2, 0.25) is 5.60 Å². The summed E-state index contributed by atoms with van der Waals surface area (Å²) < 4.78 is 15.6. The predicted octanol–water partition coefficient (Wildman–Crippen LogP) is 3.39. The van der Waals surface area contributed by atoms with Crippen molar-refractivity contribution in [2.24, 2.45) is 0 Å². The molecule has 1 rings (SSSR count). The van der Waals surface area contributed by atoms with Gasteiger partial charge in [0.1, 0.15) is 6.61 Å². The van der Waals surface area contributed by atoms with Gasteiger partial charge in [-0.15, -0.1) is 0 Å². The minimum absolute atomic E-state index is 0.0261. The van der Waals surface area contributed by atoms with Crippen LogP contribution in [0.3, 0.4) is 0 Å². The SMILES string of the molecule is CCCCCCCCCCOC1(C(=O)OCC)COC(=O)C1. The van der Waals surface area contributed by atoms with Crippen molar-refractivity contribution in [1.29, 1.82) is 0 Å². The standard InChI is InChI=1S/C17H30O5/c1-3-5-6-7-8-9-10-11-12-22-17(16(19)20-4-2)13-15(18)21-14-17/h3-14H2,1-2H3. The van der Waals surface area contributed by atoms with E-state index in [0.717, 1.165) is 12.8 Å². The molecule has 1 atom stereocenters. The van der Waals surface area contributed by atoms with Crippen molar-refractivity contribution in [1.82, 2.24) is 0 Å². The van der Waals surface area contributed by atoms with E-state index in [1.165, 1.54) is 38.5 Å². The molecule has 1 saturated heterocycles. The van der Waals surface area contributed by atoms with Crippen LogP contribution in [0.5, 0.6) is 0 Å². The second-order valence-electron chi connectivity index (χ2n) is 5.88. The van der Waals surface area contributed by atoms with Gasteiger partial charge in [0.15, 0.2) is 0 Å². The van der Waals surface area contributed by atoms with Gasteiger partial charge in [-0.25, -0.2) is 4.79 Å². The third-order valence-electron chi connectivity index (χ3n) is 3.92. The minimum Gasteiger partial charge on any atom is -0.464 e. The Morgan fingerprint density at radius 3 is 2.27 bits per heavy atom. The lowest BCUT2D eigenvalue weighted by Gasteiger charge is -2.23. The zero-order chi connectivity index (χ0) is 16.3. The van der Waals surface area contributed by atoms with Gasteiger partial charge in [-0.05, 0) is 13.3 Å². The Morgan fingerprint density at radius 2 is 1.73 bits per heavy atom. The number of unbranched alkanes of at least 4 members (excludes halogenated alkanes) is 7. The van der Waals surface area contributed by atoms with Crippen LogP contribution in [0.2, 0.25) is 0 Å². The Balaban J connectivity index is 2.19. The summed E-state index contributed by atoms with van der Waals surface area (Å²) in [5.41, 5.74) is -1.21. The third-order valence-corrected chi connectivity index (χ3v) is 3.92. The van der Waals surface area contributed by atoms with Crippen LogP contribution in [-0.2, 0) is 23.8 Å². The molecule has 0 radical (unpaired) electrons. The molecule has 128 valence electrons. The highest BCUT2D eigenvalue weighted by Gasteiger charge is 2.49. The Morgan fingerprint density at radius 1 is 1.09 bits per heavy atom. The molecule has 0 amide bonds. The summed E-state index contributed by atoms with van der Waals surface area (Å²) in [6.45, 7) is 4.66. The number of carbonyl (C=O) groups excluding carboxylic acids is 2. The van der Waals surface area contributed by atoms with Crippen molar-refractivity contribution < 1.29 is 23.8 Å². The molecule has 0 aromatic rings. The Labute approximate surface area is 133 Å². The highest BCUT2D eigenvalue weighted by atomic mass is 16.6. The van der Waals surface area contributed by atoms with E-state index >= 15 is 0 Å². The second-order valence-corrected chi connectivity index (χ2v) is 5.88. The maximum Gasteiger partial charge on any atom is 0.342 e. The molecule has 0 N–H and O–H groups in total. The van der Waals surface area contributed by atoms with Gasteiger partial charge in [-0.1, -0.05) is 51.9 Å². The second kappa shape index (κ2) is 10.6. The summed E-state index contributed by atoms with van der Waals surface area (Å²) in [4.78, 5) is 23.3. The number of esters is 2. The average molecular weight is 314 g/mol. The molecule has 22 heavy (non-hydrogen) atoms. The molecule has 1 unspecified atom stereocenters. The quantitative estimate of drug-likeness (QED) is 0.408. The van der Waals surface area contributed by atoms with Crippen molar-refractivity contribution in [2.75, 3.05) is 19.8 Å². The number of rotatable bonds is 12. The first-order valence-corrected chi connectivity index (χ1v) is 8.61. The monoisotopic (exact) mass is 314 g/mol. The molecule has 1 heterocycles. The van der Waals surface area contributed by atoms with E-state index in [0.29, 0.717) is 6.61 Å². The fraction of sp³-hybridized carbons (Fsp3) is 0.882. The van der Waals surface area contributed by atoms with Crippen LogP contribution >= 0.6 is 0 Å². The number of hydrogen-bond acceptors (Lipinski definition) is 5. The summed E-state index contributed by atoms with van der Waals surface area (Å²) >= 11 is 0. The first-order chi connectivity index (χ1) is 10.6. The normalized spacial score (nSPS) is 20.9. The smallest absolute Gasteiger partial charge is 0.342 e. The van der Waals surface area contributed by atoms with Gasteiger partial charge in [0, 0.05) is 6.61 Å². The molecular formula is C17H30O5. The zero-order valence-electron chi connectivity index (χ0n) is 14.0. The van der Waals surface area contributed by atoms with Crippen LogP contribution in [-0.4, -0.2) is 37.4 Å². The lowest BCUT2D eigenvalue weighted by molar-refractivity contribution is -0.172. The zero-order valence-corrected chi connectivity index (χ0v) is 14.0. The molecule has 0 saturated carbocycles. The van der Waals surface area contributed by atoms with E-state index in [2.05, 4.69) is 6.92 Å². The molecule has 1 aliphatic rings. The summed E-state index contributed by atoms with van der Waals surface area (Å²) in [6, 6.07) is 0. The van der Waals surface area contributed by atoms with E-state index in [1.54, 1.807) is 6.92 Å². The Hall–Kier alpha value is -1.10. The molecule has 0 aliphatic carbocycles. The van der Waals surface area contributed by atoms with Gasteiger partial charge in [0.25, 0.3) is 0 Å². The van der Waals surface area contributed by atoms with Crippen LogP contribution in [0, 0.1) is 0 Å². The summed E-state index contributed by atoms with van der Waals surface area (Å²) in [6.07, 6.45) is 9.58. The summed E-state index contributed by atoms with van der Waals surface area (Å²) in [7, 11) is 0. The lowest BCUT2D eigenvalue weighted by Crippen LogP contribution is -2.44. The van der Waals surface area contributed by atoms with Crippen LogP contribution < -0.4 is 0 Å². The summed E-state index contributed by atoms with van der Waals surface area (Å²) in [5, 5.41) is 0. The van der Waals surface area contributed by atoms with Crippen molar-refractivity contribution in [2.45, 2.75) is 77.2 Å². The minimum atomic E-state index is -1.21. The number of cyclic esters (lactones) is 1. The van der Waals surface area contributed by atoms with E-state index in [1.807, 2.05) is 0 Å². The van der Waals surface area contributed by atoms with Crippen molar-refractivity contribution in [3.8, 4) is 0 Å². The first kappa shape index (κ1) is 18.9. The van der Waals surface area contributed by atoms with E-state index in [4.69, 9.17) is 14.2 Å². The topological polar surface area (TPSA) is 61.8 Å². The number of carbonyl (C=O) groups is 2. The third kappa shape index (κ3) is 6.34. The van der Waals surface area contributed by atoms with Crippen LogP contribution in [0.15, 0.2) is 0 Å². The van der Waals surface area contributed by atoms with Crippen molar-refractivity contribution >= 4 is 11.9 Å². The molecule has 0 aromatic heterocycles. The number of hydrogen-bond donors (Lipinski definition) is 0. The van der Waals surface area contributed by atoms with Gasteiger partial charge in [0.05, 0.1) is 13.0 Å². The summed E-state index contributed by atoms with van der Waals surface area (Å²) in [5.74, 6) is -0.885. The molecular weight excluding hydrogens is 284 g/mol. The maximum atomic E-state index is 12.0. The highest BCUT2D eigenvalue weighted by Crippen LogP contribution is 2.26.